The summed E-state index contributed by atoms with van der Waals surface area (Å²) in [5.74, 6) is -0.0742. The number of benzene rings is 5. The van der Waals surface area contributed by atoms with Gasteiger partial charge in [0.05, 0.1) is 4.92 Å². The van der Waals surface area contributed by atoms with Crippen LogP contribution < -0.4 is 15.9 Å². The van der Waals surface area contributed by atoms with Crippen LogP contribution in [0.4, 0.5) is 5.69 Å². The molecule has 0 amide bonds. The van der Waals surface area contributed by atoms with E-state index in [0.717, 1.165) is 26.8 Å². The summed E-state index contributed by atoms with van der Waals surface area (Å²) < 4.78 is 0. The van der Waals surface area contributed by atoms with Gasteiger partial charge in [0.2, 0.25) is 0 Å². The zero-order chi connectivity index (χ0) is 27.2. The third-order valence-electron chi connectivity index (χ3n) is 6.72. The number of carbonyl (C=O) groups is 1. The zero-order valence-corrected chi connectivity index (χ0v) is 22.6. The van der Waals surface area contributed by atoms with Crippen LogP contribution in [0, 0.1) is 10.1 Å². The van der Waals surface area contributed by atoms with E-state index in [2.05, 4.69) is 36.4 Å². The molecule has 0 unspecified atom stereocenters. The third-order valence-corrected chi connectivity index (χ3v) is 11.4. The van der Waals surface area contributed by atoms with Crippen molar-refractivity contribution < 1.29 is 9.72 Å². The molecule has 0 saturated heterocycles. The summed E-state index contributed by atoms with van der Waals surface area (Å²) in [6, 6.07) is 44.0. The lowest BCUT2D eigenvalue weighted by Crippen LogP contribution is -2.34. The molecule has 0 aliphatic carbocycles. The van der Waals surface area contributed by atoms with Gasteiger partial charge in [0.25, 0.3) is 5.69 Å². The highest BCUT2D eigenvalue weighted by Crippen LogP contribution is 2.47. The van der Waals surface area contributed by atoms with Crippen molar-refractivity contribution in [2.45, 2.75) is 6.42 Å². The van der Waals surface area contributed by atoms with Crippen LogP contribution >= 0.6 is 18.5 Å². The highest BCUT2D eigenvalue weighted by molar-refractivity contribution is 7.96. The molecule has 0 heterocycles. The van der Waals surface area contributed by atoms with Gasteiger partial charge in [-0.3, -0.25) is 14.9 Å². The van der Waals surface area contributed by atoms with Gasteiger partial charge in [0.1, 0.15) is 0 Å². The van der Waals surface area contributed by atoms with E-state index in [0.29, 0.717) is 17.0 Å². The maximum absolute atomic E-state index is 14.6. The molecule has 5 aromatic carbocycles. The summed E-state index contributed by atoms with van der Waals surface area (Å²) in [4.78, 5) is 25.5. The van der Waals surface area contributed by atoms with Gasteiger partial charge in [0.15, 0.2) is 5.78 Å². The molecule has 4 nitrogen and oxygen atoms in total. The summed E-state index contributed by atoms with van der Waals surface area (Å²) in [7, 11) is 0. The summed E-state index contributed by atoms with van der Waals surface area (Å²) in [5.41, 5.74) is 1.38. The molecule has 0 spiro atoms. The average molecular weight is 550 g/mol. The Morgan fingerprint density at radius 2 is 1.08 bits per heavy atom. The molecular formula is C33H25ClNO3P. The lowest BCUT2D eigenvalue weighted by molar-refractivity contribution is -0.384. The number of carbonyl (C=O) groups excluding carboxylic acids is 1. The van der Waals surface area contributed by atoms with E-state index in [1.165, 1.54) is 12.1 Å². The maximum Gasteiger partial charge on any atom is 0.269 e. The molecule has 0 radical (unpaired) electrons. The number of non-ortho nitro benzene ring substituents is 1. The Bertz CT molecular complexity index is 1550. The second-order valence-electron chi connectivity index (χ2n) is 9.06. The first-order valence-corrected chi connectivity index (χ1v) is 14.6. The number of nitro groups is 1. The fourth-order valence-corrected chi connectivity index (χ4v) is 9.58. The van der Waals surface area contributed by atoms with Crippen molar-refractivity contribution in [3.05, 3.63) is 166 Å². The van der Waals surface area contributed by atoms with Crippen LogP contribution in [0.25, 0.3) is 0 Å². The molecule has 0 N–H and O–H groups in total. The summed E-state index contributed by atoms with van der Waals surface area (Å²) in [5, 5.41) is 15.8. The number of rotatable bonds is 8. The van der Waals surface area contributed by atoms with E-state index >= 15 is 0 Å². The molecule has 5 rings (SSSR count). The van der Waals surface area contributed by atoms with Crippen molar-refractivity contribution in [2.24, 2.45) is 0 Å². The largest absolute Gasteiger partial charge is 0.289 e. The predicted octanol–water partition coefficient (Wildman–Crippen LogP) is 6.84. The lowest BCUT2D eigenvalue weighted by atomic mass is 10.0. The maximum atomic E-state index is 14.6. The summed E-state index contributed by atoms with van der Waals surface area (Å²) in [6.45, 7) is -2.69. The molecule has 0 aliphatic rings. The first kappa shape index (κ1) is 26.4. The molecule has 0 bridgehead atoms. The van der Waals surface area contributed by atoms with Crippen molar-refractivity contribution in [2.75, 3.05) is 0 Å². The number of nitro benzene ring substituents is 1. The van der Waals surface area contributed by atoms with E-state index in [1.54, 1.807) is 36.4 Å². The molecule has 5 aromatic rings. The normalized spacial score (nSPS) is 11.1. The number of hydrogen-bond acceptors (Lipinski definition) is 3. The Kier molecular flexibility index (Phi) is 7.88. The van der Waals surface area contributed by atoms with Crippen LogP contribution in [0.3, 0.4) is 0 Å². The fourth-order valence-electron chi connectivity index (χ4n) is 4.92. The van der Waals surface area contributed by atoms with Crippen molar-refractivity contribution in [3.8, 4) is 0 Å². The molecule has 0 fully saturated rings. The zero-order valence-electron chi connectivity index (χ0n) is 21.0. The number of ketones is 1. The molecule has 0 aromatic heterocycles. The fraction of sp³-hybridized carbons (Fsp3) is 0.0303. The van der Waals surface area contributed by atoms with Crippen LogP contribution in [-0.2, 0) is 6.42 Å². The van der Waals surface area contributed by atoms with Gasteiger partial charge >= 0.3 is 0 Å². The standard InChI is InChI=1S/C33H25ClNO3P/c34-27-20-18-26(19-21-27)33(36)32(24-25-16-22-28(23-17-25)35(37)38)39(29-10-4-1-5-11-29,30-12-6-2-7-13-30)31-14-8-3-9-15-31/h1-23H,24H2. The number of Topliss-reactive ketones (excluding diaryl/α,β-unsaturated/α-hetero) is 1. The average Bonchev–Trinajstić information content (AvgIpc) is 2.99. The van der Waals surface area contributed by atoms with Gasteiger partial charge in [-0.05, 0) is 52.6 Å². The summed E-state index contributed by atoms with van der Waals surface area (Å²) in [6.07, 6.45) is 0.325. The smallest absolute Gasteiger partial charge is 0.269 e. The topological polar surface area (TPSA) is 60.2 Å². The van der Waals surface area contributed by atoms with E-state index in [1.807, 2.05) is 54.6 Å². The van der Waals surface area contributed by atoms with Gasteiger partial charge < -0.3 is 0 Å². The Labute approximate surface area is 232 Å². The van der Waals surface area contributed by atoms with E-state index in [-0.39, 0.29) is 11.5 Å². The quantitative estimate of drug-likeness (QED) is 0.0921. The van der Waals surface area contributed by atoms with Gasteiger partial charge in [-0.25, -0.2) is 0 Å². The first-order chi connectivity index (χ1) is 19.0. The van der Waals surface area contributed by atoms with E-state index < -0.39 is 11.8 Å². The van der Waals surface area contributed by atoms with Gasteiger partial charge in [-0.15, -0.1) is 0 Å². The highest BCUT2D eigenvalue weighted by atomic mass is 35.5. The lowest BCUT2D eigenvalue weighted by Gasteiger charge is -2.33. The van der Waals surface area contributed by atoms with Gasteiger partial charge in [-0.1, -0.05) is 115 Å². The molecule has 0 aliphatic heterocycles. The van der Waals surface area contributed by atoms with Gasteiger partial charge in [-0.2, -0.15) is 0 Å². The van der Waals surface area contributed by atoms with Crippen LogP contribution in [-0.4, -0.2) is 16.0 Å². The Balaban J connectivity index is 1.92. The SMILES string of the molecule is O=C(C(Cc1ccc([N+](=O)[O-])cc1)=P(c1ccccc1)(c1ccccc1)c1ccccc1)c1ccc(Cl)cc1. The van der Waals surface area contributed by atoms with Crippen LogP contribution in [0.15, 0.2) is 140 Å². The Morgan fingerprint density at radius 3 is 1.49 bits per heavy atom. The monoisotopic (exact) mass is 549 g/mol. The van der Waals surface area contributed by atoms with E-state index in [4.69, 9.17) is 11.6 Å². The minimum absolute atomic E-state index is 0.0135. The number of hydrogen-bond donors (Lipinski definition) is 0. The molecule has 6 heteroatoms. The van der Waals surface area contributed by atoms with Crippen LogP contribution in [0.5, 0.6) is 0 Å². The second-order valence-corrected chi connectivity index (χ2v) is 12.9. The summed E-state index contributed by atoms with van der Waals surface area (Å²) >= 11 is 6.18. The molecular weight excluding hydrogens is 525 g/mol. The minimum Gasteiger partial charge on any atom is -0.289 e. The molecule has 0 saturated carbocycles. The minimum atomic E-state index is -2.69. The Hall–Kier alpha value is -4.24. The molecule has 0 atom stereocenters. The van der Waals surface area contributed by atoms with Crippen molar-refractivity contribution in [3.63, 3.8) is 0 Å². The number of halogens is 1. The van der Waals surface area contributed by atoms with E-state index in [9.17, 15) is 14.9 Å². The third kappa shape index (κ3) is 5.35. The first-order valence-electron chi connectivity index (χ1n) is 12.5. The Morgan fingerprint density at radius 1 is 0.641 bits per heavy atom. The van der Waals surface area contributed by atoms with Crippen LogP contribution in [0.1, 0.15) is 15.9 Å². The van der Waals surface area contributed by atoms with Crippen molar-refractivity contribution >= 4 is 51.2 Å². The van der Waals surface area contributed by atoms with Gasteiger partial charge in [0, 0.05) is 34.4 Å². The van der Waals surface area contributed by atoms with Crippen LogP contribution in [0.2, 0.25) is 5.02 Å². The number of nitrogens with zero attached hydrogens (tertiary/aromatic N) is 1. The highest BCUT2D eigenvalue weighted by Gasteiger charge is 2.33. The molecule has 192 valence electrons. The second kappa shape index (κ2) is 11.7. The van der Waals surface area contributed by atoms with Crippen molar-refractivity contribution in [1.29, 1.82) is 0 Å². The van der Waals surface area contributed by atoms with Crippen molar-refractivity contribution in [1.82, 2.24) is 0 Å². The predicted molar refractivity (Wildman–Crippen MR) is 163 cm³/mol. The molecule has 39 heavy (non-hydrogen) atoms.